The van der Waals surface area contributed by atoms with Crippen molar-refractivity contribution in [2.24, 2.45) is 0 Å². The van der Waals surface area contributed by atoms with Crippen molar-refractivity contribution in [1.29, 1.82) is 0 Å². The Morgan fingerprint density at radius 1 is 1.30 bits per heavy atom. The minimum absolute atomic E-state index is 0.201. The average Bonchev–Trinajstić information content (AvgIpc) is 2.35. The fraction of sp³-hybridized carbons (Fsp3) is 0.467. The highest BCUT2D eigenvalue weighted by molar-refractivity contribution is 5.87. The number of nitrogens with zero attached hydrogens (tertiary/aromatic N) is 1. The molecule has 1 N–H and O–H groups in total. The summed E-state index contributed by atoms with van der Waals surface area (Å²) in [5.74, 6) is -0.987. The second-order valence-electron chi connectivity index (χ2n) is 5.70. The Labute approximate surface area is 119 Å². The summed E-state index contributed by atoms with van der Waals surface area (Å²) in [5.41, 5.74) is 0.388. The molecule has 0 aliphatic heterocycles. The van der Waals surface area contributed by atoms with E-state index in [1.807, 2.05) is 6.92 Å². The Morgan fingerprint density at radius 3 is 2.40 bits per heavy atom. The maximum atomic E-state index is 12.0. The molecule has 0 saturated heterocycles. The number of carbonyl (C=O) groups is 2. The number of aromatic carboxylic acids is 1. The Bertz CT molecular complexity index is 505. The third-order valence-corrected chi connectivity index (χ3v) is 2.88. The number of carboxylic acids is 1. The molecule has 0 saturated carbocycles. The Balaban J connectivity index is 2.88. The monoisotopic (exact) mass is 279 g/mol. The van der Waals surface area contributed by atoms with Crippen LogP contribution in [-0.4, -0.2) is 34.7 Å². The van der Waals surface area contributed by atoms with E-state index in [0.717, 1.165) is 5.56 Å². The average molecular weight is 279 g/mol. The molecular weight excluding hydrogens is 258 g/mol. The van der Waals surface area contributed by atoms with Crippen molar-refractivity contribution in [2.75, 3.05) is 7.05 Å². The first-order valence-electron chi connectivity index (χ1n) is 6.41. The lowest BCUT2D eigenvalue weighted by molar-refractivity contribution is 0.0234. The highest BCUT2D eigenvalue weighted by Crippen LogP contribution is 2.22. The third kappa shape index (κ3) is 4.26. The number of carboxylic acid groups (broad SMARTS) is 1. The van der Waals surface area contributed by atoms with Crippen LogP contribution in [0.4, 0.5) is 4.79 Å². The van der Waals surface area contributed by atoms with Gasteiger partial charge in [0.25, 0.3) is 0 Å². The molecule has 1 unspecified atom stereocenters. The van der Waals surface area contributed by atoms with Crippen LogP contribution in [0.15, 0.2) is 24.3 Å². The van der Waals surface area contributed by atoms with Crippen molar-refractivity contribution < 1.29 is 19.4 Å². The van der Waals surface area contributed by atoms with Gasteiger partial charge in [-0.25, -0.2) is 9.59 Å². The largest absolute Gasteiger partial charge is 0.478 e. The van der Waals surface area contributed by atoms with Crippen LogP contribution in [0.5, 0.6) is 0 Å². The molecule has 0 aliphatic carbocycles. The first-order chi connectivity index (χ1) is 9.11. The summed E-state index contributed by atoms with van der Waals surface area (Å²) in [7, 11) is 1.63. The Hall–Kier alpha value is -2.04. The zero-order chi connectivity index (χ0) is 15.5. The Kier molecular flexibility index (Phi) is 4.76. The van der Waals surface area contributed by atoms with Gasteiger partial charge in [0.15, 0.2) is 0 Å². The van der Waals surface area contributed by atoms with Gasteiger partial charge in [-0.2, -0.15) is 0 Å². The highest BCUT2D eigenvalue weighted by Gasteiger charge is 2.24. The van der Waals surface area contributed by atoms with E-state index in [9.17, 15) is 9.59 Å². The summed E-state index contributed by atoms with van der Waals surface area (Å²) >= 11 is 0. The molecule has 5 nitrogen and oxygen atoms in total. The topological polar surface area (TPSA) is 66.8 Å². The molecule has 1 aromatic carbocycles. The van der Waals surface area contributed by atoms with Crippen LogP contribution in [0.25, 0.3) is 0 Å². The van der Waals surface area contributed by atoms with Gasteiger partial charge >= 0.3 is 12.1 Å². The molecule has 1 amide bonds. The standard InChI is InChI=1S/C15H21NO4/c1-10(16(5)14(19)20-15(2,3)4)11-7-6-8-12(9-11)13(17)18/h6-10H,1-5H3,(H,17,18). The van der Waals surface area contributed by atoms with Crippen LogP contribution in [-0.2, 0) is 4.74 Å². The van der Waals surface area contributed by atoms with Gasteiger partial charge in [-0.05, 0) is 45.4 Å². The maximum Gasteiger partial charge on any atom is 0.410 e. The number of carbonyl (C=O) groups excluding carboxylic acids is 1. The second kappa shape index (κ2) is 5.94. The minimum Gasteiger partial charge on any atom is -0.478 e. The lowest BCUT2D eigenvalue weighted by atomic mass is 10.0. The number of amides is 1. The molecule has 5 heteroatoms. The summed E-state index contributed by atoms with van der Waals surface area (Å²) in [5, 5.41) is 8.99. The predicted octanol–water partition coefficient (Wildman–Crippen LogP) is 3.31. The van der Waals surface area contributed by atoms with E-state index in [4.69, 9.17) is 9.84 Å². The molecule has 0 radical (unpaired) electrons. The molecule has 0 spiro atoms. The van der Waals surface area contributed by atoms with E-state index in [1.165, 1.54) is 11.0 Å². The molecule has 1 atom stereocenters. The van der Waals surface area contributed by atoms with Gasteiger partial charge in [-0.3, -0.25) is 0 Å². The van der Waals surface area contributed by atoms with E-state index in [0.29, 0.717) is 0 Å². The van der Waals surface area contributed by atoms with E-state index < -0.39 is 17.7 Å². The normalized spacial score (nSPS) is 12.7. The minimum atomic E-state index is -0.987. The quantitative estimate of drug-likeness (QED) is 0.921. The molecule has 0 aliphatic rings. The van der Waals surface area contributed by atoms with Gasteiger partial charge in [0.05, 0.1) is 11.6 Å². The van der Waals surface area contributed by atoms with Gasteiger partial charge < -0.3 is 14.7 Å². The number of rotatable bonds is 3. The van der Waals surface area contributed by atoms with Crippen molar-refractivity contribution >= 4 is 12.1 Å². The van der Waals surface area contributed by atoms with Crippen molar-refractivity contribution in [1.82, 2.24) is 4.90 Å². The van der Waals surface area contributed by atoms with E-state index >= 15 is 0 Å². The third-order valence-electron chi connectivity index (χ3n) is 2.88. The van der Waals surface area contributed by atoms with Crippen molar-refractivity contribution in [3.63, 3.8) is 0 Å². The molecule has 0 heterocycles. The molecule has 20 heavy (non-hydrogen) atoms. The summed E-state index contributed by atoms with van der Waals surface area (Å²) in [6.07, 6.45) is -0.439. The van der Waals surface area contributed by atoms with Gasteiger partial charge in [0.1, 0.15) is 5.60 Å². The van der Waals surface area contributed by atoms with Gasteiger partial charge in [-0.1, -0.05) is 12.1 Å². The van der Waals surface area contributed by atoms with Crippen LogP contribution in [0.1, 0.15) is 49.7 Å². The lowest BCUT2D eigenvalue weighted by Gasteiger charge is -2.29. The van der Waals surface area contributed by atoms with Crippen molar-refractivity contribution in [3.05, 3.63) is 35.4 Å². The Morgan fingerprint density at radius 2 is 1.90 bits per heavy atom. The zero-order valence-electron chi connectivity index (χ0n) is 12.5. The predicted molar refractivity (Wildman–Crippen MR) is 75.8 cm³/mol. The molecular formula is C15H21NO4. The van der Waals surface area contributed by atoms with Crippen LogP contribution < -0.4 is 0 Å². The highest BCUT2D eigenvalue weighted by atomic mass is 16.6. The van der Waals surface area contributed by atoms with E-state index in [-0.39, 0.29) is 11.6 Å². The van der Waals surface area contributed by atoms with Crippen molar-refractivity contribution in [3.8, 4) is 0 Å². The fourth-order valence-electron chi connectivity index (χ4n) is 1.65. The molecule has 0 bridgehead atoms. The summed E-state index contributed by atoms with van der Waals surface area (Å²) in [6.45, 7) is 7.22. The number of hydrogen-bond acceptors (Lipinski definition) is 3. The van der Waals surface area contributed by atoms with Crippen LogP contribution in [0.3, 0.4) is 0 Å². The van der Waals surface area contributed by atoms with Crippen molar-refractivity contribution in [2.45, 2.75) is 39.3 Å². The summed E-state index contributed by atoms with van der Waals surface area (Å²) in [6, 6.07) is 6.26. The lowest BCUT2D eigenvalue weighted by Crippen LogP contribution is -2.35. The molecule has 0 aromatic heterocycles. The maximum absolute atomic E-state index is 12.0. The van der Waals surface area contributed by atoms with Crippen LogP contribution in [0, 0.1) is 0 Å². The second-order valence-corrected chi connectivity index (χ2v) is 5.70. The molecule has 0 fully saturated rings. The van der Waals surface area contributed by atoms with Crippen LogP contribution in [0.2, 0.25) is 0 Å². The van der Waals surface area contributed by atoms with E-state index in [2.05, 4.69) is 0 Å². The van der Waals surface area contributed by atoms with Gasteiger partial charge in [-0.15, -0.1) is 0 Å². The number of benzene rings is 1. The first kappa shape index (κ1) is 16.0. The van der Waals surface area contributed by atoms with E-state index in [1.54, 1.807) is 46.0 Å². The fourth-order valence-corrected chi connectivity index (χ4v) is 1.65. The molecule has 1 aromatic rings. The smallest absolute Gasteiger partial charge is 0.410 e. The SMILES string of the molecule is CC(c1cccc(C(=O)O)c1)N(C)C(=O)OC(C)(C)C. The summed E-state index contributed by atoms with van der Waals surface area (Å²) in [4.78, 5) is 24.4. The zero-order valence-corrected chi connectivity index (χ0v) is 12.5. The number of hydrogen-bond donors (Lipinski definition) is 1. The van der Waals surface area contributed by atoms with Gasteiger partial charge in [0.2, 0.25) is 0 Å². The molecule has 1 rings (SSSR count). The van der Waals surface area contributed by atoms with Gasteiger partial charge in [0, 0.05) is 7.05 Å². The number of ether oxygens (including phenoxy) is 1. The first-order valence-corrected chi connectivity index (χ1v) is 6.41. The molecule has 110 valence electrons. The summed E-state index contributed by atoms with van der Waals surface area (Å²) < 4.78 is 5.29. The van der Waals surface area contributed by atoms with Crippen LogP contribution >= 0.6 is 0 Å².